The highest BCUT2D eigenvalue weighted by molar-refractivity contribution is 7.71. The van der Waals surface area contributed by atoms with Crippen molar-refractivity contribution < 1.29 is 4.79 Å². The van der Waals surface area contributed by atoms with Gasteiger partial charge in [0.25, 0.3) is 0 Å². The Hall–Kier alpha value is -2.44. The Balaban J connectivity index is 1.81. The number of nitrogens with one attached hydrogen (secondary N) is 2. The number of rotatable bonds is 6. The lowest BCUT2D eigenvalue weighted by molar-refractivity contribution is -0.118. The zero-order valence-electron chi connectivity index (χ0n) is 16.1. The van der Waals surface area contributed by atoms with Crippen LogP contribution in [0.2, 0.25) is 5.02 Å². The monoisotopic (exact) mass is 414 g/mol. The van der Waals surface area contributed by atoms with Gasteiger partial charge in [0.05, 0.1) is 10.9 Å². The summed E-state index contributed by atoms with van der Waals surface area (Å²) < 4.78 is 1.76. The number of carbonyl (C=O) groups is 1. The molecule has 0 saturated carbocycles. The second-order valence-corrected chi connectivity index (χ2v) is 8.00. The maximum Gasteiger partial charge on any atom is 0.246 e. The molecule has 1 aromatic heterocycles. The summed E-state index contributed by atoms with van der Waals surface area (Å²) in [5.74, 6) is 0.535. The molecule has 1 amide bonds. The van der Waals surface area contributed by atoms with Crippen molar-refractivity contribution in [2.45, 2.75) is 33.1 Å². The summed E-state index contributed by atoms with van der Waals surface area (Å²) in [6.07, 6.45) is 1.02. The van der Waals surface area contributed by atoms with Crippen LogP contribution in [0.3, 0.4) is 0 Å². The molecule has 7 heteroatoms. The van der Waals surface area contributed by atoms with Crippen LogP contribution in [0, 0.1) is 10.7 Å². The molecule has 0 radical (unpaired) electrons. The van der Waals surface area contributed by atoms with Crippen LogP contribution in [-0.2, 0) is 11.2 Å². The number of amides is 1. The molecule has 0 saturated heterocycles. The number of aromatic amines is 1. The average Bonchev–Trinajstić information content (AvgIpc) is 3.02. The van der Waals surface area contributed by atoms with Crippen LogP contribution < -0.4 is 5.43 Å². The number of aromatic nitrogens is 3. The number of hydrogen-bond acceptors (Lipinski definition) is 3. The normalized spacial score (nSPS) is 12.2. The fourth-order valence-electron chi connectivity index (χ4n) is 3.00. The van der Waals surface area contributed by atoms with Gasteiger partial charge in [-0.05, 0) is 54.7 Å². The van der Waals surface area contributed by atoms with Gasteiger partial charge in [0, 0.05) is 5.56 Å². The smallest absolute Gasteiger partial charge is 0.246 e. The van der Waals surface area contributed by atoms with E-state index in [0.29, 0.717) is 27.1 Å². The molecule has 0 fully saturated rings. The van der Waals surface area contributed by atoms with Gasteiger partial charge < -0.3 is 0 Å². The standard InChI is InChI=1S/C21H23ClN4OS/c1-13(2)12-15-8-10-16(11-9-15)14(3)20(27)25-26-19(23-24-21(26)28)17-6-4-5-7-18(17)22/h4-11,13-14H,12H2,1-3H3,(H,24,28)(H,25,27). The Labute approximate surface area is 174 Å². The van der Waals surface area contributed by atoms with Gasteiger partial charge in [0.2, 0.25) is 10.7 Å². The highest BCUT2D eigenvalue weighted by atomic mass is 35.5. The van der Waals surface area contributed by atoms with E-state index in [1.54, 1.807) is 6.07 Å². The maximum atomic E-state index is 12.8. The van der Waals surface area contributed by atoms with Gasteiger partial charge in [-0.15, -0.1) is 0 Å². The summed E-state index contributed by atoms with van der Waals surface area (Å²) in [6.45, 7) is 6.25. The summed E-state index contributed by atoms with van der Waals surface area (Å²) in [5, 5.41) is 7.46. The van der Waals surface area contributed by atoms with Crippen LogP contribution >= 0.6 is 23.8 Å². The third-order valence-corrected chi connectivity index (χ3v) is 5.13. The molecule has 3 aromatic rings. The zero-order valence-corrected chi connectivity index (χ0v) is 17.6. The Bertz CT molecular complexity index is 1020. The van der Waals surface area contributed by atoms with Crippen molar-refractivity contribution in [3.8, 4) is 11.4 Å². The minimum absolute atomic E-state index is 0.178. The SMILES string of the molecule is CC(C)Cc1ccc(C(C)C(=O)Nn2c(-c3ccccc3Cl)n[nH]c2=S)cc1. The maximum absolute atomic E-state index is 12.8. The molecule has 146 valence electrons. The first-order valence-electron chi connectivity index (χ1n) is 9.19. The van der Waals surface area contributed by atoms with Gasteiger partial charge in [-0.1, -0.05) is 61.8 Å². The van der Waals surface area contributed by atoms with Crippen molar-refractivity contribution in [2.75, 3.05) is 5.43 Å². The predicted octanol–water partition coefficient (Wildman–Crippen LogP) is 5.33. The number of carbonyl (C=O) groups excluding carboxylic acids is 1. The van der Waals surface area contributed by atoms with Gasteiger partial charge in [0.1, 0.15) is 0 Å². The van der Waals surface area contributed by atoms with Gasteiger partial charge >= 0.3 is 0 Å². The highest BCUT2D eigenvalue weighted by Gasteiger charge is 2.19. The van der Waals surface area contributed by atoms with Gasteiger partial charge in [-0.25, -0.2) is 9.77 Å². The molecule has 2 N–H and O–H groups in total. The van der Waals surface area contributed by atoms with Crippen molar-refractivity contribution in [1.29, 1.82) is 0 Å². The fraction of sp³-hybridized carbons (Fsp3) is 0.286. The van der Waals surface area contributed by atoms with E-state index < -0.39 is 0 Å². The van der Waals surface area contributed by atoms with Crippen LogP contribution in [0.15, 0.2) is 48.5 Å². The second-order valence-electron chi connectivity index (χ2n) is 7.20. The zero-order chi connectivity index (χ0) is 20.3. The summed E-state index contributed by atoms with van der Waals surface area (Å²) in [4.78, 5) is 12.8. The molecule has 28 heavy (non-hydrogen) atoms. The van der Waals surface area contributed by atoms with Crippen LogP contribution in [-0.4, -0.2) is 20.8 Å². The van der Waals surface area contributed by atoms with E-state index in [1.807, 2.05) is 37.3 Å². The van der Waals surface area contributed by atoms with Crippen molar-refractivity contribution in [3.05, 3.63) is 69.5 Å². The van der Waals surface area contributed by atoms with Crippen LogP contribution in [0.25, 0.3) is 11.4 Å². The molecule has 0 aliphatic heterocycles. The van der Waals surface area contributed by atoms with E-state index in [4.69, 9.17) is 23.8 Å². The van der Waals surface area contributed by atoms with Crippen LogP contribution in [0.4, 0.5) is 0 Å². The lowest BCUT2D eigenvalue weighted by atomic mass is 9.96. The molecule has 1 unspecified atom stereocenters. The third kappa shape index (κ3) is 4.51. The Kier molecular flexibility index (Phi) is 6.31. The van der Waals surface area contributed by atoms with E-state index in [1.165, 1.54) is 10.2 Å². The van der Waals surface area contributed by atoms with Crippen LogP contribution in [0.1, 0.15) is 37.8 Å². The minimum atomic E-state index is -0.344. The molecule has 3 rings (SSSR count). The molecule has 2 aromatic carbocycles. The lowest BCUT2D eigenvalue weighted by Crippen LogP contribution is -2.28. The van der Waals surface area contributed by atoms with Gasteiger partial charge in [0.15, 0.2) is 5.82 Å². The van der Waals surface area contributed by atoms with Crippen LogP contribution in [0.5, 0.6) is 0 Å². The summed E-state index contributed by atoms with van der Waals surface area (Å²) in [5.41, 5.74) is 5.75. The molecule has 0 spiro atoms. The third-order valence-electron chi connectivity index (χ3n) is 4.53. The Morgan fingerprint density at radius 3 is 2.50 bits per heavy atom. The van der Waals surface area contributed by atoms with Crippen molar-refractivity contribution >= 4 is 29.7 Å². The van der Waals surface area contributed by atoms with Gasteiger partial charge in [-0.2, -0.15) is 5.10 Å². The average molecular weight is 415 g/mol. The quantitative estimate of drug-likeness (QED) is 0.535. The van der Waals surface area contributed by atoms with E-state index in [-0.39, 0.29) is 11.8 Å². The van der Waals surface area contributed by atoms with Crippen molar-refractivity contribution in [2.24, 2.45) is 5.92 Å². The second kappa shape index (κ2) is 8.71. The summed E-state index contributed by atoms with van der Waals surface area (Å²) in [6, 6.07) is 15.5. The highest BCUT2D eigenvalue weighted by Crippen LogP contribution is 2.26. The largest absolute Gasteiger partial charge is 0.273 e. The molecular weight excluding hydrogens is 392 g/mol. The number of benzene rings is 2. The Morgan fingerprint density at radius 1 is 1.18 bits per heavy atom. The van der Waals surface area contributed by atoms with Crippen molar-refractivity contribution in [3.63, 3.8) is 0 Å². The molecule has 0 bridgehead atoms. The number of H-pyrrole nitrogens is 1. The molecular formula is C21H23ClN4OS. The van der Waals surface area contributed by atoms with E-state index in [0.717, 1.165) is 12.0 Å². The topological polar surface area (TPSA) is 62.7 Å². The predicted molar refractivity (Wildman–Crippen MR) is 116 cm³/mol. The van der Waals surface area contributed by atoms with Gasteiger partial charge in [-0.3, -0.25) is 10.2 Å². The Morgan fingerprint density at radius 2 is 1.86 bits per heavy atom. The summed E-state index contributed by atoms with van der Waals surface area (Å²) >= 11 is 11.6. The molecule has 1 atom stereocenters. The first-order valence-corrected chi connectivity index (χ1v) is 9.97. The van der Waals surface area contributed by atoms with E-state index >= 15 is 0 Å². The van der Waals surface area contributed by atoms with E-state index in [2.05, 4.69) is 41.6 Å². The number of halogens is 1. The minimum Gasteiger partial charge on any atom is -0.273 e. The number of nitrogens with zero attached hydrogens (tertiary/aromatic N) is 2. The van der Waals surface area contributed by atoms with E-state index in [9.17, 15) is 4.79 Å². The van der Waals surface area contributed by atoms with Crippen molar-refractivity contribution in [1.82, 2.24) is 14.9 Å². The number of hydrogen-bond donors (Lipinski definition) is 2. The summed E-state index contributed by atoms with van der Waals surface area (Å²) in [7, 11) is 0. The fourth-order valence-corrected chi connectivity index (χ4v) is 3.39. The molecule has 0 aliphatic carbocycles. The molecule has 5 nitrogen and oxygen atoms in total. The molecule has 1 heterocycles. The first-order chi connectivity index (χ1) is 13.4. The first kappa shape index (κ1) is 20.3. The lowest BCUT2D eigenvalue weighted by Gasteiger charge is -2.15. The molecule has 0 aliphatic rings.